The van der Waals surface area contributed by atoms with Crippen molar-refractivity contribution in [3.63, 3.8) is 0 Å². The summed E-state index contributed by atoms with van der Waals surface area (Å²) in [5, 5.41) is 9.36. The van der Waals surface area contributed by atoms with Crippen molar-refractivity contribution in [2.75, 3.05) is 7.11 Å². The smallest absolute Gasteiger partial charge is 0.337 e. The van der Waals surface area contributed by atoms with E-state index in [1.807, 2.05) is 0 Å². The molecule has 0 spiro atoms. The summed E-state index contributed by atoms with van der Waals surface area (Å²) >= 11 is 0. The summed E-state index contributed by atoms with van der Waals surface area (Å²) in [6.07, 6.45) is 1.59. The molecule has 0 aliphatic rings. The molecular formula is C11H12O3. The molecule has 3 nitrogen and oxygen atoms in total. The molecule has 0 aromatic heterocycles. The van der Waals surface area contributed by atoms with Gasteiger partial charge >= 0.3 is 5.97 Å². The van der Waals surface area contributed by atoms with Gasteiger partial charge in [-0.25, -0.2) is 4.79 Å². The molecule has 74 valence electrons. The minimum atomic E-state index is -0.378. The van der Waals surface area contributed by atoms with Crippen LogP contribution in [0.15, 0.2) is 30.3 Å². The number of methoxy groups -OCH3 is 1. The normalized spacial score (nSPS) is 11.1. The third-order valence-corrected chi connectivity index (χ3v) is 1.88. The van der Waals surface area contributed by atoms with Gasteiger partial charge in [0.15, 0.2) is 0 Å². The van der Waals surface area contributed by atoms with Gasteiger partial charge < -0.3 is 9.84 Å². The molecule has 0 aliphatic carbocycles. The van der Waals surface area contributed by atoms with Crippen LogP contribution in [-0.2, 0) is 4.74 Å². The van der Waals surface area contributed by atoms with Crippen molar-refractivity contribution in [2.24, 2.45) is 0 Å². The highest BCUT2D eigenvalue weighted by Crippen LogP contribution is 2.12. The highest BCUT2D eigenvalue weighted by Gasteiger charge is 2.04. The number of rotatable bonds is 2. The first kappa shape index (κ1) is 10.3. The number of aliphatic hydroxyl groups is 1. The number of hydrogen-bond acceptors (Lipinski definition) is 3. The average Bonchev–Trinajstić information content (AvgIpc) is 2.27. The average molecular weight is 192 g/mol. The molecule has 14 heavy (non-hydrogen) atoms. The molecule has 0 saturated carbocycles. The Labute approximate surface area is 82.6 Å². The van der Waals surface area contributed by atoms with Crippen LogP contribution in [0.5, 0.6) is 0 Å². The van der Waals surface area contributed by atoms with Gasteiger partial charge in [0.05, 0.1) is 12.7 Å². The summed E-state index contributed by atoms with van der Waals surface area (Å²) in [6.45, 7) is 1.74. The molecular weight excluding hydrogens is 180 g/mol. The highest BCUT2D eigenvalue weighted by atomic mass is 16.5. The Morgan fingerprint density at radius 2 is 1.79 bits per heavy atom. The van der Waals surface area contributed by atoms with Gasteiger partial charge in [0.1, 0.15) is 5.76 Å². The summed E-state index contributed by atoms with van der Waals surface area (Å²) in [7, 11) is 1.33. The molecule has 3 heteroatoms. The van der Waals surface area contributed by atoms with E-state index in [-0.39, 0.29) is 11.7 Å². The highest BCUT2D eigenvalue weighted by molar-refractivity contribution is 5.89. The molecule has 0 fully saturated rings. The van der Waals surface area contributed by atoms with E-state index in [1.54, 1.807) is 37.3 Å². The van der Waals surface area contributed by atoms with Gasteiger partial charge in [-0.1, -0.05) is 12.1 Å². The van der Waals surface area contributed by atoms with E-state index >= 15 is 0 Å². The molecule has 0 unspecified atom stereocenters. The van der Waals surface area contributed by atoms with E-state index in [2.05, 4.69) is 4.74 Å². The lowest BCUT2D eigenvalue weighted by Crippen LogP contribution is -2.00. The van der Waals surface area contributed by atoms with E-state index in [0.717, 1.165) is 0 Å². The fourth-order valence-electron chi connectivity index (χ4n) is 1.06. The van der Waals surface area contributed by atoms with Crippen molar-refractivity contribution < 1.29 is 14.6 Å². The van der Waals surface area contributed by atoms with Gasteiger partial charge in [-0.2, -0.15) is 0 Å². The standard InChI is InChI=1S/C11H12O3/c1-3-10(12)8-4-6-9(7-5-8)11(13)14-2/h3-7,12H,1-2H3. The third-order valence-electron chi connectivity index (χ3n) is 1.88. The van der Waals surface area contributed by atoms with Crippen molar-refractivity contribution in [3.8, 4) is 0 Å². The Hall–Kier alpha value is -1.77. The molecule has 0 heterocycles. The summed E-state index contributed by atoms with van der Waals surface area (Å²) in [6, 6.07) is 6.56. The van der Waals surface area contributed by atoms with Crippen molar-refractivity contribution in [1.82, 2.24) is 0 Å². The van der Waals surface area contributed by atoms with Gasteiger partial charge in [0, 0.05) is 5.56 Å². The van der Waals surface area contributed by atoms with Gasteiger partial charge in [0.25, 0.3) is 0 Å². The van der Waals surface area contributed by atoms with Crippen LogP contribution in [0.4, 0.5) is 0 Å². The van der Waals surface area contributed by atoms with Crippen molar-refractivity contribution in [2.45, 2.75) is 6.92 Å². The Bertz CT molecular complexity index is 349. The van der Waals surface area contributed by atoms with Crippen LogP contribution in [0.1, 0.15) is 22.8 Å². The monoisotopic (exact) mass is 192 g/mol. The number of aliphatic hydroxyl groups excluding tert-OH is 1. The Morgan fingerprint density at radius 1 is 1.29 bits per heavy atom. The minimum absolute atomic E-state index is 0.196. The summed E-state index contributed by atoms with van der Waals surface area (Å²) < 4.78 is 4.55. The van der Waals surface area contributed by atoms with Crippen molar-refractivity contribution >= 4 is 11.7 Å². The van der Waals surface area contributed by atoms with E-state index in [1.165, 1.54) is 7.11 Å². The zero-order chi connectivity index (χ0) is 10.6. The number of carbonyl (C=O) groups is 1. The van der Waals surface area contributed by atoms with Crippen LogP contribution >= 0.6 is 0 Å². The van der Waals surface area contributed by atoms with Gasteiger partial charge in [-0.3, -0.25) is 0 Å². The second-order valence-corrected chi connectivity index (χ2v) is 2.74. The Kier molecular flexibility index (Phi) is 3.29. The molecule has 0 bridgehead atoms. The molecule has 0 amide bonds. The molecule has 0 saturated heterocycles. The molecule has 1 aromatic rings. The fourth-order valence-corrected chi connectivity index (χ4v) is 1.06. The van der Waals surface area contributed by atoms with Gasteiger partial charge in [-0.15, -0.1) is 0 Å². The zero-order valence-corrected chi connectivity index (χ0v) is 8.15. The number of allylic oxidation sites excluding steroid dienone is 1. The van der Waals surface area contributed by atoms with Crippen LogP contribution in [0, 0.1) is 0 Å². The lowest BCUT2D eigenvalue weighted by molar-refractivity contribution is 0.0600. The second-order valence-electron chi connectivity index (χ2n) is 2.74. The number of hydrogen-bond donors (Lipinski definition) is 1. The number of benzene rings is 1. The van der Waals surface area contributed by atoms with Gasteiger partial charge in [-0.05, 0) is 25.1 Å². The van der Waals surface area contributed by atoms with E-state index < -0.39 is 0 Å². The predicted molar refractivity (Wildman–Crippen MR) is 54.1 cm³/mol. The first-order valence-corrected chi connectivity index (χ1v) is 4.23. The maximum atomic E-state index is 11.1. The second kappa shape index (κ2) is 4.46. The lowest BCUT2D eigenvalue weighted by atomic mass is 10.1. The molecule has 0 atom stereocenters. The summed E-state index contributed by atoms with van der Waals surface area (Å²) in [5.41, 5.74) is 1.15. The number of carbonyl (C=O) groups excluding carboxylic acids is 1. The molecule has 1 rings (SSSR count). The molecule has 0 radical (unpaired) electrons. The maximum absolute atomic E-state index is 11.1. The van der Waals surface area contributed by atoms with Crippen molar-refractivity contribution in [1.29, 1.82) is 0 Å². The summed E-state index contributed by atoms with van der Waals surface area (Å²) in [5.74, 6) is -0.182. The SMILES string of the molecule is CC=C(O)c1ccc(C(=O)OC)cc1. The largest absolute Gasteiger partial charge is 0.508 e. The maximum Gasteiger partial charge on any atom is 0.337 e. The van der Waals surface area contributed by atoms with E-state index in [9.17, 15) is 9.90 Å². The van der Waals surface area contributed by atoms with E-state index in [4.69, 9.17) is 0 Å². The quantitative estimate of drug-likeness (QED) is 0.578. The van der Waals surface area contributed by atoms with Crippen LogP contribution in [-0.4, -0.2) is 18.2 Å². The minimum Gasteiger partial charge on any atom is -0.508 e. The zero-order valence-electron chi connectivity index (χ0n) is 8.15. The molecule has 1 aromatic carbocycles. The first-order chi connectivity index (χ1) is 6.69. The van der Waals surface area contributed by atoms with Gasteiger partial charge in [0.2, 0.25) is 0 Å². The number of esters is 1. The summed E-state index contributed by atoms with van der Waals surface area (Å²) in [4.78, 5) is 11.1. The predicted octanol–water partition coefficient (Wildman–Crippen LogP) is 2.39. The molecule has 1 N–H and O–H groups in total. The lowest BCUT2D eigenvalue weighted by Gasteiger charge is -2.01. The van der Waals surface area contributed by atoms with Crippen LogP contribution < -0.4 is 0 Å². The Balaban J connectivity index is 2.95. The van der Waals surface area contributed by atoms with Crippen LogP contribution in [0.25, 0.3) is 5.76 Å². The van der Waals surface area contributed by atoms with Crippen LogP contribution in [0.2, 0.25) is 0 Å². The third kappa shape index (κ3) is 2.13. The van der Waals surface area contributed by atoms with E-state index in [0.29, 0.717) is 11.1 Å². The first-order valence-electron chi connectivity index (χ1n) is 4.23. The topological polar surface area (TPSA) is 46.5 Å². The number of ether oxygens (including phenoxy) is 1. The van der Waals surface area contributed by atoms with Crippen molar-refractivity contribution in [3.05, 3.63) is 41.5 Å². The Morgan fingerprint density at radius 3 is 2.21 bits per heavy atom. The fraction of sp³-hybridized carbons (Fsp3) is 0.182. The van der Waals surface area contributed by atoms with Crippen LogP contribution in [0.3, 0.4) is 0 Å². The molecule has 0 aliphatic heterocycles.